The molecule has 0 aliphatic heterocycles. The third kappa shape index (κ3) is 5.77. The fourth-order valence-corrected chi connectivity index (χ4v) is 2.19. The number of halogens is 5. The Morgan fingerprint density at radius 2 is 1.61 bits per heavy atom. The number of nitrogens with one attached hydrogen (secondary N) is 1. The quantitative estimate of drug-likeness (QED) is 0.593. The number of hydrogen-bond donors (Lipinski definition) is 2. The molecule has 0 bridgehead atoms. The first-order valence-electron chi connectivity index (χ1n) is 6.43. The summed E-state index contributed by atoms with van der Waals surface area (Å²) in [6.45, 7) is 0. The molecule has 0 spiro atoms. The highest BCUT2D eigenvalue weighted by Crippen LogP contribution is 2.31. The van der Waals surface area contributed by atoms with Gasteiger partial charge in [0.05, 0.1) is 11.4 Å². The van der Waals surface area contributed by atoms with Crippen LogP contribution in [0, 0.1) is 5.41 Å². The molecule has 0 aromatic heterocycles. The molecule has 2 aromatic carbocycles. The first kappa shape index (κ1) is 21.3. The van der Waals surface area contributed by atoms with Gasteiger partial charge in [0.1, 0.15) is 0 Å². The lowest BCUT2D eigenvalue weighted by Gasteiger charge is -2.17. The van der Waals surface area contributed by atoms with Crippen LogP contribution in [0.4, 0.5) is 13.2 Å². The minimum Gasteiger partial charge on any atom is -0.387 e. The molecule has 0 aliphatic carbocycles. The van der Waals surface area contributed by atoms with E-state index in [-0.39, 0.29) is 30.6 Å². The third-order valence-corrected chi connectivity index (χ3v) is 3.27. The van der Waals surface area contributed by atoms with E-state index in [4.69, 9.17) is 11.1 Å². The smallest absolute Gasteiger partial charge is 0.387 e. The molecule has 23 heavy (non-hydrogen) atoms. The number of alkyl halides is 3. The topological polar surface area (TPSA) is 49.9 Å². The highest BCUT2D eigenvalue weighted by Gasteiger charge is 2.31. The molecule has 0 saturated heterocycles. The largest absolute Gasteiger partial charge is 0.416 e. The molecule has 2 nitrogen and oxygen atoms in total. The second kappa shape index (κ2) is 8.79. The summed E-state index contributed by atoms with van der Waals surface area (Å²) in [5.41, 5.74) is 6.18. The summed E-state index contributed by atoms with van der Waals surface area (Å²) < 4.78 is 38.3. The molecule has 3 N–H and O–H groups in total. The molecule has 0 fully saturated rings. The van der Waals surface area contributed by atoms with E-state index >= 15 is 0 Å². The normalized spacial score (nSPS) is 11.8. The van der Waals surface area contributed by atoms with Crippen LogP contribution in [-0.2, 0) is 12.6 Å². The molecule has 1 unspecified atom stereocenters. The first-order valence-corrected chi connectivity index (χ1v) is 6.43. The maximum absolute atomic E-state index is 12.8. The van der Waals surface area contributed by atoms with Gasteiger partial charge in [-0.15, -0.1) is 24.8 Å². The second-order valence-electron chi connectivity index (χ2n) is 4.82. The van der Waals surface area contributed by atoms with Gasteiger partial charge in [-0.2, -0.15) is 13.2 Å². The van der Waals surface area contributed by atoms with E-state index in [2.05, 4.69) is 0 Å². The van der Waals surface area contributed by atoms with Gasteiger partial charge in [-0.25, -0.2) is 0 Å². The summed E-state index contributed by atoms with van der Waals surface area (Å²) in [7, 11) is 0. The number of benzene rings is 2. The standard InChI is InChI=1S/C16H15F3N2.2ClH/c17-16(18,19)13-8-4-7-12(10-13)14(15(20)21)9-11-5-2-1-3-6-11;;/h1-8,10,14H,9H2,(H3,20,21);2*1H. The van der Waals surface area contributed by atoms with Crippen molar-refractivity contribution >= 4 is 30.6 Å². The van der Waals surface area contributed by atoms with Gasteiger partial charge in [-0.3, -0.25) is 5.41 Å². The van der Waals surface area contributed by atoms with Crippen molar-refractivity contribution in [1.29, 1.82) is 5.41 Å². The first-order chi connectivity index (χ1) is 9.88. The number of hydrogen-bond acceptors (Lipinski definition) is 1. The predicted octanol–water partition coefficient (Wildman–Crippen LogP) is 4.81. The number of rotatable bonds is 4. The summed E-state index contributed by atoms with van der Waals surface area (Å²) in [6, 6.07) is 14.3. The average Bonchev–Trinajstić information content (AvgIpc) is 2.45. The Labute approximate surface area is 145 Å². The van der Waals surface area contributed by atoms with Crippen LogP contribution in [0.25, 0.3) is 0 Å². The monoisotopic (exact) mass is 364 g/mol. The van der Waals surface area contributed by atoms with Crippen LogP contribution in [0.2, 0.25) is 0 Å². The average molecular weight is 365 g/mol. The van der Waals surface area contributed by atoms with Crippen LogP contribution >= 0.6 is 24.8 Å². The third-order valence-electron chi connectivity index (χ3n) is 3.27. The summed E-state index contributed by atoms with van der Waals surface area (Å²) in [6.07, 6.45) is -4.00. The van der Waals surface area contributed by atoms with Crippen LogP contribution in [-0.4, -0.2) is 5.84 Å². The molecule has 2 rings (SSSR count). The van der Waals surface area contributed by atoms with E-state index in [0.29, 0.717) is 12.0 Å². The molecule has 0 aliphatic rings. The molecule has 2 aromatic rings. The zero-order valence-corrected chi connectivity index (χ0v) is 13.6. The summed E-state index contributed by atoms with van der Waals surface area (Å²) in [4.78, 5) is 0. The SMILES string of the molecule is Cl.Cl.N=C(N)C(Cc1ccccc1)c1cccc(C(F)(F)F)c1. The molecule has 1 atom stereocenters. The van der Waals surface area contributed by atoms with Gasteiger partial charge < -0.3 is 5.73 Å². The van der Waals surface area contributed by atoms with Gasteiger partial charge >= 0.3 is 6.18 Å². The van der Waals surface area contributed by atoms with Crippen molar-refractivity contribution in [3.63, 3.8) is 0 Å². The van der Waals surface area contributed by atoms with E-state index < -0.39 is 17.7 Å². The Morgan fingerprint density at radius 3 is 2.13 bits per heavy atom. The Balaban J connectivity index is 0.00000242. The van der Waals surface area contributed by atoms with Crippen molar-refractivity contribution < 1.29 is 13.2 Å². The van der Waals surface area contributed by atoms with Gasteiger partial charge in [0.25, 0.3) is 0 Å². The highest BCUT2D eigenvalue weighted by atomic mass is 35.5. The minimum absolute atomic E-state index is 0. The Bertz CT molecular complexity index is 631. The van der Waals surface area contributed by atoms with Crippen molar-refractivity contribution in [1.82, 2.24) is 0 Å². The number of nitrogens with two attached hydrogens (primary N) is 1. The number of amidine groups is 1. The van der Waals surface area contributed by atoms with Crippen LogP contribution in [0.3, 0.4) is 0 Å². The van der Waals surface area contributed by atoms with Gasteiger partial charge in [0.15, 0.2) is 0 Å². The minimum atomic E-state index is -4.40. The van der Waals surface area contributed by atoms with E-state index in [1.165, 1.54) is 6.07 Å². The van der Waals surface area contributed by atoms with Crippen molar-refractivity contribution in [3.8, 4) is 0 Å². The Morgan fingerprint density at radius 1 is 1.00 bits per heavy atom. The molecule has 7 heteroatoms. The van der Waals surface area contributed by atoms with Crippen LogP contribution in [0.15, 0.2) is 54.6 Å². The second-order valence-corrected chi connectivity index (χ2v) is 4.82. The van der Waals surface area contributed by atoms with Crippen LogP contribution < -0.4 is 5.73 Å². The summed E-state index contributed by atoms with van der Waals surface area (Å²) >= 11 is 0. The van der Waals surface area contributed by atoms with E-state index in [1.807, 2.05) is 30.3 Å². The van der Waals surface area contributed by atoms with E-state index in [1.54, 1.807) is 6.07 Å². The molecule has 0 heterocycles. The Hall–Kier alpha value is -1.72. The molecule has 0 saturated carbocycles. The lowest BCUT2D eigenvalue weighted by molar-refractivity contribution is -0.137. The van der Waals surface area contributed by atoms with Crippen molar-refractivity contribution in [2.45, 2.75) is 18.5 Å². The zero-order chi connectivity index (χ0) is 15.5. The van der Waals surface area contributed by atoms with Crippen LogP contribution in [0.5, 0.6) is 0 Å². The fourth-order valence-electron chi connectivity index (χ4n) is 2.19. The lowest BCUT2D eigenvalue weighted by atomic mass is 9.90. The van der Waals surface area contributed by atoms with Gasteiger partial charge in [0.2, 0.25) is 0 Å². The molecule has 0 amide bonds. The zero-order valence-electron chi connectivity index (χ0n) is 12.0. The predicted molar refractivity (Wildman–Crippen MR) is 90.7 cm³/mol. The van der Waals surface area contributed by atoms with Crippen molar-refractivity contribution in [2.24, 2.45) is 5.73 Å². The maximum Gasteiger partial charge on any atom is 0.416 e. The van der Waals surface area contributed by atoms with Crippen molar-refractivity contribution in [3.05, 3.63) is 71.3 Å². The van der Waals surface area contributed by atoms with E-state index in [0.717, 1.165) is 17.7 Å². The lowest BCUT2D eigenvalue weighted by Crippen LogP contribution is -2.23. The summed E-state index contributed by atoms with van der Waals surface area (Å²) in [5.74, 6) is -0.701. The molecule has 126 valence electrons. The Kier molecular flexibility index (Phi) is 8.14. The van der Waals surface area contributed by atoms with Gasteiger partial charge in [-0.1, -0.05) is 48.5 Å². The molecular weight excluding hydrogens is 348 g/mol. The summed E-state index contributed by atoms with van der Waals surface area (Å²) in [5, 5.41) is 7.66. The van der Waals surface area contributed by atoms with Crippen molar-refractivity contribution in [2.75, 3.05) is 0 Å². The maximum atomic E-state index is 12.8. The molecule has 0 radical (unpaired) electrons. The highest BCUT2D eigenvalue weighted by molar-refractivity contribution is 5.86. The molecular formula is C16H17Cl2F3N2. The van der Waals surface area contributed by atoms with Gasteiger partial charge in [0, 0.05) is 5.92 Å². The van der Waals surface area contributed by atoms with Crippen LogP contribution in [0.1, 0.15) is 22.6 Å². The fraction of sp³-hybridized carbons (Fsp3) is 0.188. The van der Waals surface area contributed by atoms with E-state index in [9.17, 15) is 13.2 Å². The van der Waals surface area contributed by atoms with Gasteiger partial charge in [-0.05, 0) is 23.6 Å².